The van der Waals surface area contributed by atoms with Crippen molar-refractivity contribution in [2.24, 2.45) is 0 Å². The van der Waals surface area contributed by atoms with Gasteiger partial charge in [-0.15, -0.1) is 0 Å². The van der Waals surface area contributed by atoms with E-state index in [-0.39, 0.29) is 29.8 Å². The molecule has 0 heterocycles. The summed E-state index contributed by atoms with van der Waals surface area (Å²) in [5.41, 5.74) is 0. The van der Waals surface area contributed by atoms with Crippen LogP contribution in [0.15, 0.2) is 35.2 Å². The van der Waals surface area contributed by atoms with Gasteiger partial charge in [-0.1, -0.05) is 37.5 Å². The smallest absolute Gasteiger partial charge is 0.307 e. The predicted molar refractivity (Wildman–Crippen MR) is 101 cm³/mol. The average molecular weight is 397 g/mol. The molecule has 27 heavy (non-hydrogen) atoms. The molecule has 1 unspecified atom stereocenters. The Labute approximate surface area is 161 Å². The van der Waals surface area contributed by atoms with Gasteiger partial charge in [0.2, 0.25) is 10.0 Å². The van der Waals surface area contributed by atoms with E-state index in [1.807, 2.05) is 0 Å². The summed E-state index contributed by atoms with van der Waals surface area (Å²) < 4.78 is 31.7. The third kappa shape index (κ3) is 6.32. The number of carbonyl (C=O) groups is 2. The second-order valence-electron chi connectivity index (χ2n) is 6.83. The zero-order chi connectivity index (χ0) is 19.9. The molecule has 2 rings (SSSR count). The number of amides is 1. The minimum atomic E-state index is -3.66. The highest BCUT2D eigenvalue weighted by Gasteiger charge is 2.27. The molecule has 0 aromatic heterocycles. The number of hydrogen-bond donors (Lipinski definition) is 1. The fraction of sp³-hybridized carbons (Fsp3) is 0.579. The molecular weight excluding hydrogens is 368 g/mol. The fourth-order valence-corrected chi connectivity index (χ4v) is 4.26. The number of sulfonamides is 1. The summed E-state index contributed by atoms with van der Waals surface area (Å²) in [6.45, 7) is 1.46. The Balaban J connectivity index is 1.76. The molecule has 1 atom stereocenters. The number of likely N-dealkylation sites (N-methyl/N-ethyl adjacent to an activating group) is 1. The van der Waals surface area contributed by atoms with E-state index in [1.165, 1.54) is 18.6 Å². The number of nitrogens with zero attached hydrogens (tertiary/aromatic N) is 1. The highest BCUT2D eigenvalue weighted by atomic mass is 32.2. The Morgan fingerprint density at radius 3 is 2.44 bits per heavy atom. The van der Waals surface area contributed by atoms with Gasteiger partial charge in [0.1, 0.15) is 0 Å². The van der Waals surface area contributed by atoms with Gasteiger partial charge in [-0.25, -0.2) is 13.1 Å². The Bertz CT molecular complexity index is 730. The van der Waals surface area contributed by atoms with E-state index in [0.29, 0.717) is 0 Å². The van der Waals surface area contributed by atoms with Crippen molar-refractivity contribution >= 4 is 21.9 Å². The Hall–Kier alpha value is -1.93. The van der Waals surface area contributed by atoms with E-state index < -0.39 is 22.1 Å². The number of benzene rings is 1. The maximum absolute atomic E-state index is 12.4. The monoisotopic (exact) mass is 396 g/mol. The van der Waals surface area contributed by atoms with Crippen molar-refractivity contribution in [3.05, 3.63) is 30.3 Å². The van der Waals surface area contributed by atoms with E-state index in [9.17, 15) is 18.0 Å². The molecule has 8 heteroatoms. The number of rotatable bonds is 8. The summed E-state index contributed by atoms with van der Waals surface area (Å²) in [4.78, 5) is 26.2. The van der Waals surface area contributed by atoms with Gasteiger partial charge in [-0.2, -0.15) is 0 Å². The first-order valence-electron chi connectivity index (χ1n) is 9.32. The average Bonchev–Trinajstić information content (AvgIpc) is 2.68. The molecule has 0 spiro atoms. The molecule has 1 aliphatic rings. The first kappa shape index (κ1) is 21.4. The predicted octanol–water partition coefficient (Wildman–Crippen LogP) is 2.08. The lowest BCUT2D eigenvalue weighted by Gasteiger charge is -2.32. The highest BCUT2D eigenvalue weighted by Crippen LogP contribution is 2.22. The van der Waals surface area contributed by atoms with Crippen LogP contribution in [0.1, 0.15) is 45.4 Å². The zero-order valence-electron chi connectivity index (χ0n) is 15.9. The van der Waals surface area contributed by atoms with E-state index in [4.69, 9.17) is 4.74 Å². The SMILES string of the molecule is CC(OC(=O)CCNS(=O)(=O)c1ccccc1)C(=O)N(C)C1CCCCC1. The second-order valence-corrected chi connectivity index (χ2v) is 8.60. The minimum absolute atomic E-state index is 0.0879. The van der Waals surface area contributed by atoms with Crippen molar-refractivity contribution in [2.75, 3.05) is 13.6 Å². The number of nitrogens with one attached hydrogen (secondary N) is 1. The van der Waals surface area contributed by atoms with Gasteiger partial charge in [0.05, 0.1) is 11.3 Å². The van der Waals surface area contributed by atoms with Crippen LogP contribution in [0.25, 0.3) is 0 Å². The van der Waals surface area contributed by atoms with Crippen LogP contribution in [0.5, 0.6) is 0 Å². The largest absolute Gasteiger partial charge is 0.452 e. The van der Waals surface area contributed by atoms with Crippen LogP contribution in [0.3, 0.4) is 0 Å². The maximum atomic E-state index is 12.4. The van der Waals surface area contributed by atoms with Crippen LogP contribution in [0, 0.1) is 0 Å². The minimum Gasteiger partial charge on any atom is -0.452 e. The molecule has 1 aromatic rings. The van der Waals surface area contributed by atoms with Crippen molar-refractivity contribution in [1.29, 1.82) is 0 Å². The summed E-state index contributed by atoms with van der Waals surface area (Å²) in [5, 5.41) is 0. The lowest BCUT2D eigenvalue weighted by atomic mass is 9.94. The summed E-state index contributed by atoms with van der Waals surface area (Å²) >= 11 is 0. The van der Waals surface area contributed by atoms with Gasteiger partial charge < -0.3 is 9.64 Å². The standard InChI is InChI=1S/C19H28N2O5S/c1-15(19(23)21(2)16-9-5-3-6-10-16)26-18(22)13-14-20-27(24,25)17-11-7-4-8-12-17/h4,7-8,11-12,15-16,20H,3,5-6,9-10,13-14H2,1-2H3. The molecule has 1 amide bonds. The van der Waals surface area contributed by atoms with E-state index in [0.717, 1.165) is 25.7 Å². The molecule has 1 aromatic carbocycles. The summed E-state index contributed by atoms with van der Waals surface area (Å²) in [6.07, 6.45) is 4.35. The van der Waals surface area contributed by atoms with Crippen LogP contribution in [0.4, 0.5) is 0 Å². The van der Waals surface area contributed by atoms with Gasteiger partial charge in [0, 0.05) is 19.6 Å². The van der Waals surface area contributed by atoms with E-state index in [2.05, 4.69) is 4.72 Å². The first-order valence-corrected chi connectivity index (χ1v) is 10.8. The van der Waals surface area contributed by atoms with E-state index in [1.54, 1.807) is 37.1 Å². The van der Waals surface area contributed by atoms with Crippen LogP contribution >= 0.6 is 0 Å². The number of ether oxygens (including phenoxy) is 1. The van der Waals surface area contributed by atoms with Gasteiger partial charge >= 0.3 is 5.97 Å². The summed E-state index contributed by atoms with van der Waals surface area (Å²) in [5.74, 6) is -0.830. The molecule has 0 saturated heterocycles. The number of carbonyl (C=O) groups excluding carboxylic acids is 2. The van der Waals surface area contributed by atoms with Crippen molar-refractivity contribution in [3.8, 4) is 0 Å². The molecule has 1 N–H and O–H groups in total. The molecule has 150 valence electrons. The van der Waals surface area contributed by atoms with E-state index >= 15 is 0 Å². The second kappa shape index (κ2) is 9.85. The molecule has 1 aliphatic carbocycles. The molecule has 0 aliphatic heterocycles. The van der Waals surface area contributed by atoms with Gasteiger partial charge in [-0.3, -0.25) is 9.59 Å². The fourth-order valence-electron chi connectivity index (χ4n) is 3.21. The van der Waals surface area contributed by atoms with Crippen molar-refractivity contribution in [3.63, 3.8) is 0 Å². The molecule has 0 radical (unpaired) electrons. The third-order valence-corrected chi connectivity index (χ3v) is 6.28. The molecule has 1 saturated carbocycles. The lowest BCUT2D eigenvalue weighted by Crippen LogP contribution is -2.44. The van der Waals surface area contributed by atoms with Gasteiger partial charge in [-0.05, 0) is 31.9 Å². The molecule has 0 bridgehead atoms. The van der Waals surface area contributed by atoms with Crippen molar-refractivity contribution in [2.45, 2.75) is 62.5 Å². The normalized spacial score (nSPS) is 16.5. The van der Waals surface area contributed by atoms with Crippen LogP contribution in [-0.4, -0.2) is 50.9 Å². The topological polar surface area (TPSA) is 92.8 Å². The van der Waals surface area contributed by atoms with Gasteiger partial charge in [0.25, 0.3) is 5.91 Å². The lowest BCUT2D eigenvalue weighted by molar-refractivity contribution is -0.159. The maximum Gasteiger partial charge on any atom is 0.307 e. The Morgan fingerprint density at radius 2 is 1.81 bits per heavy atom. The van der Waals surface area contributed by atoms with Gasteiger partial charge in [0.15, 0.2) is 6.10 Å². The van der Waals surface area contributed by atoms with Crippen LogP contribution in [-0.2, 0) is 24.3 Å². The summed E-state index contributed by atoms with van der Waals surface area (Å²) in [6, 6.07) is 8.12. The number of esters is 1. The van der Waals surface area contributed by atoms with Crippen molar-refractivity contribution < 1.29 is 22.7 Å². The Morgan fingerprint density at radius 1 is 1.19 bits per heavy atom. The zero-order valence-corrected chi connectivity index (χ0v) is 16.7. The number of hydrogen-bond acceptors (Lipinski definition) is 5. The summed E-state index contributed by atoms with van der Waals surface area (Å²) in [7, 11) is -1.91. The Kier molecular flexibility index (Phi) is 7.79. The van der Waals surface area contributed by atoms with Crippen LogP contribution < -0.4 is 4.72 Å². The molecule has 7 nitrogen and oxygen atoms in total. The van der Waals surface area contributed by atoms with Crippen LogP contribution in [0.2, 0.25) is 0 Å². The highest BCUT2D eigenvalue weighted by molar-refractivity contribution is 7.89. The quantitative estimate of drug-likeness (QED) is 0.679. The first-order chi connectivity index (χ1) is 12.8. The van der Waals surface area contributed by atoms with Crippen molar-refractivity contribution in [1.82, 2.24) is 9.62 Å². The third-order valence-electron chi connectivity index (χ3n) is 4.80. The molecule has 1 fully saturated rings. The molecular formula is C19H28N2O5S.